The first-order valence-corrected chi connectivity index (χ1v) is 10.5. The molecule has 1 aromatic heterocycles. The number of benzene rings is 1. The van der Waals surface area contributed by atoms with Gasteiger partial charge in [-0.3, -0.25) is 4.79 Å². The summed E-state index contributed by atoms with van der Waals surface area (Å²) in [6.07, 6.45) is 4.55. The molecule has 142 valence electrons. The Labute approximate surface area is 165 Å². The van der Waals surface area contributed by atoms with Crippen LogP contribution in [0.5, 0.6) is 5.75 Å². The van der Waals surface area contributed by atoms with E-state index in [-0.39, 0.29) is 5.91 Å². The number of aryl methyl sites for hydroxylation is 1. The second kappa shape index (κ2) is 8.58. The van der Waals surface area contributed by atoms with Crippen molar-refractivity contribution in [1.29, 1.82) is 5.26 Å². The fourth-order valence-corrected chi connectivity index (χ4v) is 4.80. The normalized spacial score (nSPS) is 16.9. The fraction of sp³-hybridized carbons (Fsp3) is 0.455. The van der Waals surface area contributed by atoms with Gasteiger partial charge in [0, 0.05) is 4.88 Å². The van der Waals surface area contributed by atoms with Crippen molar-refractivity contribution in [2.45, 2.75) is 59.0 Å². The van der Waals surface area contributed by atoms with Crippen LogP contribution in [0.1, 0.15) is 55.2 Å². The third-order valence-corrected chi connectivity index (χ3v) is 6.48. The second-order valence-electron chi connectivity index (χ2n) is 7.08. The lowest BCUT2D eigenvalue weighted by Gasteiger charge is -2.20. The van der Waals surface area contributed by atoms with Crippen molar-refractivity contribution in [3.8, 4) is 11.8 Å². The SMILES string of the molecule is CCc1ccc(O[C@H](C)C(=O)Nc2sc3c(c2C#N)CC[C@@H](CC)C3)cc1. The van der Waals surface area contributed by atoms with Gasteiger partial charge in [0.05, 0.1) is 5.56 Å². The van der Waals surface area contributed by atoms with E-state index in [0.29, 0.717) is 22.2 Å². The molecule has 0 bridgehead atoms. The number of hydrogen-bond donors (Lipinski definition) is 1. The summed E-state index contributed by atoms with van der Waals surface area (Å²) < 4.78 is 5.77. The maximum absolute atomic E-state index is 12.6. The Balaban J connectivity index is 1.70. The first-order valence-electron chi connectivity index (χ1n) is 9.66. The van der Waals surface area contributed by atoms with E-state index in [1.54, 1.807) is 18.3 Å². The summed E-state index contributed by atoms with van der Waals surface area (Å²) in [5, 5.41) is 13.2. The summed E-state index contributed by atoms with van der Waals surface area (Å²) in [6.45, 7) is 6.04. The topological polar surface area (TPSA) is 62.1 Å². The van der Waals surface area contributed by atoms with Crippen molar-refractivity contribution in [3.63, 3.8) is 0 Å². The van der Waals surface area contributed by atoms with Gasteiger partial charge in [0.2, 0.25) is 0 Å². The summed E-state index contributed by atoms with van der Waals surface area (Å²) in [6, 6.07) is 10.1. The van der Waals surface area contributed by atoms with E-state index in [9.17, 15) is 10.1 Å². The number of anilines is 1. The number of fused-ring (bicyclic) bond motifs is 1. The van der Waals surface area contributed by atoms with Crippen LogP contribution >= 0.6 is 11.3 Å². The zero-order chi connectivity index (χ0) is 19.4. The molecule has 1 aliphatic rings. The average Bonchev–Trinajstić information content (AvgIpc) is 3.04. The van der Waals surface area contributed by atoms with E-state index in [1.165, 1.54) is 10.4 Å². The van der Waals surface area contributed by atoms with Gasteiger partial charge in [0.25, 0.3) is 5.91 Å². The molecule has 2 aromatic rings. The maximum atomic E-state index is 12.6. The molecule has 3 rings (SSSR count). The summed E-state index contributed by atoms with van der Waals surface area (Å²) in [7, 11) is 0. The number of hydrogen-bond acceptors (Lipinski definition) is 4. The molecule has 1 amide bonds. The molecular formula is C22H26N2O2S. The van der Waals surface area contributed by atoms with Crippen LogP contribution in [0.15, 0.2) is 24.3 Å². The first-order chi connectivity index (χ1) is 13.0. The number of carbonyl (C=O) groups is 1. The number of ether oxygens (including phenoxy) is 1. The molecule has 0 unspecified atom stereocenters. The minimum atomic E-state index is -0.633. The molecular weight excluding hydrogens is 356 g/mol. The summed E-state index contributed by atoms with van der Waals surface area (Å²) in [5.74, 6) is 1.13. The lowest BCUT2D eigenvalue weighted by Crippen LogP contribution is -2.30. The van der Waals surface area contributed by atoms with Crippen LogP contribution in [0, 0.1) is 17.2 Å². The Kier molecular flexibility index (Phi) is 6.18. The monoisotopic (exact) mass is 382 g/mol. The molecule has 4 nitrogen and oxygen atoms in total. The molecule has 5 heteroatoms. The molecule has 27 heavy (non-hydrogen) atoms. The van der Waals surface area contributed by atoms with Gasteiger partial charge in [-0.2, -0.15) is 5.26 Å². The van der Waals surface area contributed by atoms with E-state index in [4.69, 9.17) is 4.74 Å². The minimum absolute atomic E-state index is 0.225. The van der Waals surface area contributed by atoms with Crippen LogP contribution < -0.4 is 10.1 Å². The zero-order valence-electron chi connectivity index (χ0n) is 16.2. The smallest absolute Gasteiger partial charge is 0.265 e. The lowest BCUT2D eigenvalue weighted by molar-refractivity contribution is -0.122. The highest BCUT2D eigenvalue weighted by molar-refractivity contribution is 7.16. The molecule has 0 aliphatic heterocycles. The molecule has 1 aromatic carbocycles. The van der Waals surface area contributed by atoms with Crippen molar-refractivity contribution < 1.29 is 9.53 Å². The number of nitrogens with one attached hydrogen (secondary N) is 1. The number of amides is 1. The third-order valence-electron chi connectivity index (χ3n) is 5.31. The van der Waals surface area contributed by atoms with Crippen molar-refractivity contribution >= 4 is 22.2 Å². The molecule has 0 saturated carbocycles. The van der Waals surface area contributed by atoms with Crippen LogP contribution in [-0.4, -0.2) is 12.0 Å². The minimum Gasteiger partial charge on any atom is -0.481 e. The Bertz CT molecular complexity index is 848. The second-order valence-corrected chi connectivity index (χ2v) is 8.19. The predicted molar refractivity (Wildman–Crippen MR) is 109 cm³/mol. The van der Waals surface area contributed by atoms with Crippen LogP contribution in [0.25, 0.3) is 0 Å². The van der Waals surface area contributed by atoms with E-state index in [0.717, 1.165) is 37.7 Å². The van der Waals surface area contributed by atoms with Gasteiger partial charge >= 0.3 is 0 Å². The maximum Gasteiger partial charge on any atom is 0.265 e. The van der Waals surface area contributed by atoms with Gasteiger partial charge in [0.15, 0.2) is 6.10 Å². The molecule has 1 N–H and O–H groups in total. The van der Waals surface area contributed by atoms with Gasteiger partial charge in [-0.1, -0.05) is 32.4 Å². The van der Waals surface area contributed by atoms with Gasteiger partial charge in [-0.05, 0) is 61.8 Å². The Morgan fingerprint density at radius 3 is 2.74 bits per heavy atom. The molecule has 0 radical (unpaired) electrons. The van der Waals surface area contributed by atoms with Crippen LogP contribution in [0.2, 0.25) is 0 Å². The van der Waals surface area contributed by atoms with Gasteiger partial charge in [-0.25, -0.2) is 0 Å². The van der Waals surface area contributed by atoms with Crippen molar-refractivity contribution in [1.82, 2.24) is 0 Å². The highest BCUT2D eigenvalue weighted by atomic mass is 32.1. The van der Waals surface area contributed by atoms with Crippen molar-refractivity contribution in [2.24, 2.45) is 5.92 Å². The molecule has 0 spiro atoms. The Hall–Kier alpha value is -2.32. The van der Waals surface area contributed by atoms with Crippen LogP contribution in [-0.2, 0) is 24.1 Å². The molecule has 1 heterocycles. The largest absolute Gasteiger partial charge is 0.481 e. The predicted octanol–water partition coefficient (Wildman–Crippen LogP) is 5.10. The van der Waals surface area contributed by atoms with Gasteiger partial charge < -0.3 is 10.1 Å². The first kappa shape index (κ1) is 19.4. The number of nitrogens with zero attached hydrogens (tertiary/aromatic N) is 1. The summed E-state index contributed by atoms with van der Waals surface area (Å²) >= 11 is 1.55. The van der Waals surface area contributed by atoms with Crippen LogP contribution in [0.3, 0.4) is 0 Å². The molecule has 1 aliphatic carbocycles. The number of carbonyl (C=O) groups excluding carboxylic acids is 1. The zero-order valence-corrected chi connectivity index (χ0v) is 17.0. The molecule has 0 fully saturated rings. The van der Waals surface area contributed by atoms with E-state index >= 15 is 0 Å². The quantitative estimate of drug-likeness (QED) is 0.756. The van der Waals surface area contributed by atoms with E-state index in [1.807, 2.05) is 24.3 Å². The highest BCUT2D eigenvalue weighted by Gasteiger charge is 2.26. The number of nitriles is 1. The molecule has 2 atom stereocenters. The fourth-order valence-electron chi connectivity index (χ4n) is 3.48. The number of thiophene rings is 1. The van der Waals surface area contributed by atoms with Crippen molar-refractivity contribution in [2.75, 3.05) is 5.32 Å². The molecule has 0 saturated heterocycles. The van der Waals surface area contributed by atoms with E-state index in [2.05, 4.69) is 25.2 Å². The van der Waals surface area contributed by atoms with E-state index < -0.39 is 6.10 Å². The third kappa shape index (κ3) is 4.33. The standard InChI is InChI=1S/C22H26N2O2S/c1-4-15-6-9-17(10-7-15)26-14(3)21(25)24-22-19(13-23)18-11-8-16(5-2)12-20(18)27-22/h6-7,9-10,14,16H,4-5,8,11-12H2,1-3H3,(H,24,25)/t14-,16-/m1/s1. The Morgan fingerprint density at radius 1 is 1.37 bits per heavy atom. The van der Waals surface area contributed by atoms with Gasteiger partial charge in [-0.15, -0.1) is 11.3 Å². The summed E-state index contributed by atoms with van der Waals surface area (Å²) in [4.78, 5) is 13.9. The number of rotatable bonds is 6. The summed E-state index contributed by atoms with van der Waals surface area (Å²) in [5.41, 5.74) is 3.00. The van der Waals surface area contributed by atoms with Crippen molar-refractivity contribution in [3.05, 3.63) is 45.8 Å². The Morgan fingerprint density at radius 2 is 2.11 bits per heavy atom. The van der Waals surface area contributed by atoms with Crippen LogP contribution in [0.4, 0.5) is 5.00 Å². The van der Waals surface area contributed by atoms with Gasteiger partial charge in [0.1, 0.15) is 16.8 Å². The lowest BCUT2D eigenvalue weighted by atomic mass is 9.86. The highest BCUT2D eigenvalue weighted by Crippen LogP contribution is 2.40. The average molecular weight is 383 g/mol.